The van der Waals surface area contributed by atoms with Gasteiger partial charge >= 0.3 is 19.8 Å². The van der Waals surface area contributed by atoms with E-state index >= 15 is 0 Å². The van der Waals surface area contributed by atoms with Crippen LogP contribution in [0.1, 0.15) is 155 Å². The second-order valence-corrected chi connectivity index (χ2v) is 13.3. The quantitative estimate of drug-likeness (QED) is 0.0210. The third kappa shape index (κ3) is 33.6. The molecule has 0 rings (SSSR count). The van der Waals surface area contributed by atoms with Crippen molar-refractivity contribution in [3.63, 3.8) is 0 Å². The molecule has 0 aromatic rings. The summed E-state index contributed by atoms with van der Waals surface area (Å²) in [6, 6.07) is 0. The maximum absolute atomic E-state index is 12.3. The Bertz CT molecular complexity index is 866. The molecule has 0 saturated carbocycles. The zero-order valence-corrected chi connectivity index (χ0v) is 29.7. The Kier molecular flexibility index (Phi) is 30.6. The van der Waals surface area contributed by atoms with Gasteiger partial charge in [0, 0.05) is 12.8 Å². The number of carbonyl (C=O) groups is 2. The summed E-state index contributed by atoms with van der Waals surface area (Å²) in [5, 5.41) is 9.81. The van der Waals surface area contributed by atoms with Crippen LogP contribution in [0.5, 0.6) is 0 Å². The molecule has 9 nitrogen and oxygen atoms in total. The van der Waals surface area contributed by atoms with Gasteiger partial charge in [-0.05, 0) is 38.5 Å². The number of hydrogen-bond donors (Lipinski definition) is 3. The smallest absolute Gasteiger partial charge is 0.462 e. The van der Waals surface area contributed by atoms with Crippen LogP contribution >= 0.6 is 7.82 Å². The molecule has 3 N–H and O–H groups in total. The Morgan fingerprint density at radius 2 is 1.22 bits per heavy atom. The molecule has 0 aliphatic rings. The minimum Gasteiger partial charge on any atom is -0.462 e. The van der Waals surface area contributed by atoms with Gasteiger partial charge in [0.2, 0.25) is 0 Å². The Labute approximate surface area is 279 Å². The number of rotatable bonds is 32. The summed E-state index contributed by atoms with van der Waals surface area (Å²) < 4.78 is 26.2. The summed E-state index contributed by atoms with van der Waals surface area (Å²) in [5.74, 6) is -0.939. The van der Waals surface area contributed by atoms with Crippen molar-refractivity contribution < 1.29 is 43.0 Å². The lowest BCUT2D eigenvalue weighted by atomic mass is 10.0. The molecule has 0 bridgehead atoms. The fourth-order valence-electron chi connectivity index (χ4n) is 4.82. The van der Waals surface area contributed by atoms with Crippen molar-refractivity contribution >= 4 is 19.8 Å². The minimum atomic E-state index is -4.76. The number of unbranched alkanes of at least 4 members (excludes halogenated alkanes) is 16. The average Bonchev–Trinajstić information content (AvgIpc) is 3.01. The van der Waals surface area contributed by atoms with E-state index in [1.165, 1.54) is 51.4 Å². The summed E-state index contributed by atoms with van der Waals surface area (Å²) in [6.45, 7) is 3.43. The molecule has 0 aromatic carbocycles. The molecule has 268 valence electrons. The molecule has 46 heavy (non-hydrogen) atoms. The molecule has 0 radical (unpaired) electrons. The fraction of sp³-hybridized carbons (Fsp3) is 0.778. The third-order valence-corrected chi connectivity index (χ3v) is 7.99. The van der Waals surface area contributed by atoms with Crippen molar-refractivity contribution in [1.29, 1.82) is 0 Å². The molecule has 0 fully saturated rings. The summed E-state index contributed by atoms with van der Waals surface area (Å²) in [4.78, 5) is 42.6. The van der Waals surface area contributed by atoms with Gasteiger partial charge in [-0.15, -0.1) is 0 Å². The number of aliphatic hydroxyl groups excluding tert-OH is 1. The SMILES string of the molecule is CC/C=C/CC(O)/C=C/C=C/CCCCCCCC(=O)OC[C@H](COP(=O)(O)O)OC(=O)CCCCCCCCCCCCCC. The molecular weight excluding hydrogens is 607 g/mol. The van der Waals surface area contributed by atoms with Gasteiger partial charge in [-0.2, -0.15) is 0 Å². The maximum Gasteiger partial charge on any atom is 0.469 e. The van der Waals surface area contributed by atoms with Gasteiger partial charge in [0.1, 0.15) is 6.61 Å². The second-order valence-electron chi connectivity index (χ2n) is 12.0. The van der Waals surface area contributed by atoms with Crippen LogP contribution in [0.3, 0.4) is 0 Å². The van der Waals surface area contributed by atoms with Gasteiger partial charge < -0.3 is 24.4 Å². The number of phosphoric ester groups is 1. The van der Waals surface area contributed by atoms with E-state index in [1.54, 1.807) is 6.08 Å². The van der Waals surface area contributed by atoms with E-state index in [9.17, 15) is 19.3 Å². The first-order chi connectivity index (χ1) is 22.2. The Balaban J connectivity index is 4.06. The molecule has 0 spiro atoms. The van der Waals surface area contributed by atoms with Crippen LogP contribution in [0.4, 0.5) is 0 Å². The molecule has 0 saturated heterocycles. The number of allylic oxidation sites excluding steroid dienone is 4. The van der Waals surface area contributed by atoms with Crippen LogP contribution in [0.15, 0.2) is 36.5 Å². The zero-order valence-electron chi connectivity index (χ0n) is 28.8. The Morgan fingerprint density at radius 1 is 0.674 bits per heavy atom. The van der Waals surface area contributed by atoms with Crippen molar-refractivity contribution in [3.8, 4) is 0 Å². The summed E-state index contributed by atoms with van der Waals surface area (Å²) >= 11 is 0. The predicted octanol–water partition coefficient (Wildman–Crippen LogP) is 9.20. The van der Waals surface area contributed by atoms with Gasteiger partial charge in [0.05, 0.1) is 12.7 Å². The van der Waals surface area contributed by atoms with Crippen LogP contribution < -0.4 is 0 Å². The normalized spacial score (nSPS) is 13.6. The maximum atomic E-state index is 12.3. The molecule has 1 unspecified atom stereocenters. The molecule has 2 atom stereocenters. The highest BCUT2D eigenvalue weighted by Crippen LogP contribution is 2.36. The van der Waals surface area contributed by atoms with Crippen LogP contribution in [0.2, 0.25) is 0 Å². The zero-order chi connectivity index (χ0) is 34.1. The lowest BCUT2D eigenvalue weighted by Gasteiger charge is -2.18. The van der Waals surface area contributed by atoms with Crippen LogP contribution in [0, 0.1) is 0 Å². The highest BCUT2D eigenvalue weighted by Gasteiger charge is 2.22. The van der Waals surface area contributed by atoms with Crippen molar-refractivity contribution in [2.45, 2.75) is 167 Å². The Hall–Kier alpha value is -1.77. The lowest BCUT2D eigenvalue weighted by molar-refractivity contribution is -0.161. The molecule has 0 aliphatic heterocycles. The number of phosphoric acid groups is 1. The van der Waals surface area contributed by atoms with Crippen molar-refractivity contribution in [1.82, 2.24) is 0 Å². The van der Waals surface area contributed by atoms with E-state index in [2.05, 4.69) is 24.4 Å². The topological polar surface area (TPSA) is 140 Å². The van der Waals surface area contributed by atoms with Gasteiger partial charge in [-0.25, -0.2) is 4.57 Å². The highest BCUT2D eigenvalue weighted by molar-refractivity contribution is 7.46. The third-order valence-electron chi connectivity index (χ3n) is 7.50. The van der Waals surface area contributed by atoms with E-state index in [4.69, 9.17) is 19.3 Å². The standard InChI is InChI=1S/C36H65O9P/c1-3-5-7-8-9-10-11-12-15-19-22-26-30-36(39)45-34(32-44-46(40,41)42)31-43-35(38)29-25-21-18-16-13-14-17-20-24-28-33(37)27-23-6-4-2/h6,17,20,23-24,28,33-34,37H,3-5,7-16,18-19,21-22,25-27,29-32H2,1-2H3,(H2,40,41,42)/b20-17+,23-6+,28-24+/t33?,34-/m1/s1. The molecule has 10 heteroatoms. The van der Waals surface area contributed by atoms with Crippen molar-refractivity contribution in [2.24, 2.45) is 0 Å². The van der Waals surface area contributed by atoms with Gasteiger partial charge in [-0.3, -0.25) is 14.1 Å². The first-order valence-corrected chi connectivity index (χ1v) is 19.4. The van der Waals surface area contributed by atoms with Crippen LogP contribution in [0.25, 0.3) is 0 Å². The van der Waals surface area contributed by atoms with E-state index in [0.717, 1.165) is 57.8 Å². The number of hydrogen-bond acceptors (Lipinski definition) is 7. The number of ether oxygens (including phenoxy) is 2. The second kappa shape index (κ2) is 31.8. The number of aliphatic hydroxyl groups is 1. The summed E-state index contributed by atoms with van der Waals surface area (Å²) in [7, 11) is -4.76. The first kappa shape index (κ1) is 44.2. The average molecular weight is 673 g/mol. The van der Waals surface area contributed by atoms with Gasteiger partial charge in [0.25, 0.3) is 0 Å². The van der Waals surface area contributed by atoms with E-state index in [1.807, 2.05) is 24.3 Å². The number of carbonyl (C=O) groups excluding carboxylic acids is 2. The van der Waals surface area contributed by atoms with Crippen LogP contribution in [-0.4, -0.2) is 52.3 Å². The molecule has 0 heterocycles. The van der Waals surface area contributed by atoms with Crippen molar-refractivity contribution in [2.75, 3.05) is 13.2 Å². The predicted molar refractivity (Wildman–Crippen MR) is 185 cm³/mol. The van der Waals surface area contributed by atoms with Crippen molar-refractivity contribution in [3.05, 3.63) is 36.5 Å². The Morgan fingerprint density at radius 3 is 1.78 bits per heavy atom. The molecular formula is C36H65O9P. The number of esters is 2. The van der Waals surface area contributed by atoms with Crippen LogP contribution in [-0.2, 0) is 28.2 Å². The fourth-order valence-corrected chi connectivity index (χ4v) is 5.18. The van der Waals surface area contributed by atoms with E-state index in [0.29, 0.717) is 19.3 Å². The molecule has 0 aliphatic carbocycles. The summed E-state index contributed by atoms with van der Waals surface area (Å²) in [5.41, 5.74) is 0. The first-order valence-electron chi connectivity index (χ1n) is 17.9. The van der Waals surface area contributed by atoms with E-state index < -0.39 is 38.6 Å². The summed E-state index contributed by atoms with van der Waals surface area (Å²) in [6.07, 6.45) is 32.0. The van der Waals surface area contributed by atoms with Gasteiger partial charge in [0.15, 0.2) is 6.10 Å². The molecule has 0 amide bonds. The highest BCUT2D eigenvalue weighted by atomic mass is 31.2. The minimum absolute atomic E-state index is 0.199. The van der Waals surface area contributed by atoms with E-state index in [-0.39, 0.29) is 19.4 Å². The van der Waals surface area contributed by atoms with Gasteiger partial charge in [-0.1, -0.05) is 140 Å². The largest absolute Gasteiger partial charge is 0.469 e. The lowest BCUT2D eigenvalue weighted by Crippen LogP contribution is -2.29. The monoisotopic (exact) mass is 672 g/mol. The molecule has 0 aromatic heterocycles.